The Kier molecular flexibility index (Phi) is 3.13. The molecule has 2 nitrogen and oxygen atoms in total. The highest BCUT2D eigenvalue weighted by Gasteiger charge is 2.46. The van der Waals surface area contributed by atoms with Gasteiger partial charge in [-0.2, -0.15) is 0 Å². The van der Waals surface area contributed by atoms with Crippen molar-refractivity contribution >= 4 is 0 Å². The summed E-state index contributed by atoms with van der Waals surface area (Å²) in [6.45, 7) is 4.11. The van der Waals surface area contributed by atoms with Crippen LogP contribution in [0.1, 0.15) is 25.0 Å². The van der Waals surface area contributed by atoms with Crippen molar-refractivity contribution in [2.24, 2.45) is 0 Å². The fourth-order valence-electron chi connectivity index (χ4n) is 2.50. The maximum absolute atomic E-state index is 6.21. The van der Waals surface area contributed by atoms with Gasteiger partial charge in [-0.15, -0.1) is 0 Å². The molecule has 0 amide bonds. The molecule has 0 spiro atoms. The van der Waals surface area contributed by atoms with Gasteiger partial charge >= 0.3 is 0 Å². The Balaban J connectivity index is 2.13. The summed E-state index contributed by atoms with van der Waals surface area (Å²) in [4.78, 5) is 0. The van der Waals surface area contributed by atoms with Crippen molar-refractivity contribution in [3.63, 3.8) is 0 Å². The molecule has 0 saturated carbocycles. The Morgan fingerprint density at radius 1 is 0.684 bits per heavy atom. The van der Waals surface area contributed by atoms with Gasteiger partial charge in [-0.05, 0) is 13.8 Å². The number of benzene rings is 2. The summed E-state index contributed by atoms with van der Waals surface area (Å²) in [5, 5.41) is 0. The average molecular weight is 254 g/mol. The van der Waals surface area contributed by atoms with Gasteiger partial charge in [0.1, 0.15) is 0 Å². The zero-order valence-corrected chi connectivity index (χ0v) is 11.2. The van der Waals surface area contributed by atoms with E-state index in [9.17, 15) is 0 Å². The van der Waals surface area contributed by atoms with Crippen LogP contribution in [-0.4, -0.2) is 12.2 Å². The fourth-order valence-corrected chi connectivity index (χ4v) is 2.50. The molecule has 1 heterocycles. The Hall–Kier alpha value is -1.64. The maximum Gasteiger partial charge on any atom is 0.223 e. The van der Waals surface area contributed by atoms with E-state index in [4.69, 9.17) is 9.47 Å². The Labute approximate surface area is 114 Å². The van der Waals surface area contributed by atoms with E-state index < -0.39 is 5.79 Å². The second kappa shape index (κ2) is 4.80. The highest BCUT2D eigenvalue weighted by atomic mass is 16.8. The quantitative estimate of drug-likeness (QED) is 0.813. The fraction of sp³-hybridized carbons (Fsp3) is 0.294. The molecule has 2 atom stereocenters. The zero-order valence-electron chi connectivity index (χ0n) is 11.2. The third-order valence-electron chi connectivity index (χ3n) is 3.67. The molecule has 0 radical (unpaired) electrons. The van der Waals surface area contributed by atoms with Gasteiger partial charge in [0.2, 0.25) is 5.79 Å². The monoisotopic (exact) mass is 254 g/mol. The molecule has 1 aliphatic heterocycles. The van der Waals surface area contributed by atoms with E-state index in [0.717, 1.165) is 11.1 Å². The molecule has 2 aromatic rings. The molecule has 19 heavy (non-hydrogen) atoms. The predicted molar refractivity (Wildman–Crippen MR) is 74.8 cm³/mol. The molecular weight excluding hydrogens is 236 g/mol. The highest BCUT2D eigenvalue weighted by Crippen LogP contribution is 2.42. The van der Waals surface area contributed by atoms with Crippen molar-refractivity contribution < 1.29 is 9.47 Å². The molecule has 0 aliphatic carbocycles. The summed E-state index contributed by atoms with van der Waals surface area (Å²) in [5.41, 5.74) is 2.08. The summed E-state index contributed by atoms with van der Waals surface area (Å²) in [6, 6.07) is 20.3. The molecule has 0 aromatic heterocycles. The third kappa shape index (κ3) is 2.07. The van der Waals surface area contributed by atoms with Crippen LogP contribution in [0.25, 0.3) is 0 Å². The minimum absolute atomic E-state index is 0.0698. The minimum Gasteiger partial charge on any atom is -0.336 e. The zero-order chi connectivity index (χ0) is 13.3. The average Bonchev–Trinajstić information content (AvgIpc) is 2.78. The van der Waals surface area contributed by atoms with Gasteiger partial charge in [0.15, 0.2) is 0 Å². The summed E-state index contributed by atoms with van der Waals surface area (Å²) in [6.07, 6.45) is 0.140. The van der Waals surface area contributed by atoms with Crippen LogP contribution < -0.4 is 0 Å². The first kappa shape index (κ1) is 12.4. The second-order valence-corrected chi connectivity index (χ2v) is 4.99. The van der Waals surface area contributed by atoms with E-state index >= 15 is 0 Å². The molecular formula is C17H18O2. The SMILES string of the molecule is C[C@@H]1OC(c2ccccc2)(c2ccccc2)O[C@@H]1C. The molecule has 2 heteroatoms. The lowest BCUT2D eigenvalue weighted by molar-refractivity contribution is -0.147. The molecule has 1 aliphatic rings. The van der Waals surface area contributed by atoms with Gasteiger partial charge in [0, 0.05) is 11.1 Å². The van der Waals surface area contributed by atoms with Gasteiger partial charge < -0.3 is 9.47 Å². The summed E-state index contributed by atoms with van der Waals surface area (Å²) in [5.74, 6) is -0.776. The topological polar surface area (TPSA) is 18.5 Å². The first-order chi connectivity index (χ1) is 9.22. The van der Waals surface area contributed by atoms with E-state index in [1.807, 2.05) is 36.4 Å². The Bertz CT molecular complexity index is 484. The molecule has 1 fully saturated rings. The standard InChI is InChI=1S/C17H18O2/c1-13-14(2)19-17(18-13,15-9-5-3-6-10-15)16-11-7-4-8-12-16/h3-14H,1-2H3/t13-,14+. The van der Waals surface area contributed by atoms with E-state index in [-0.39, 0.29) is 12.2 Å². The van der Waals surface area contributed by atoms with Gasteiger partial charge in [-0.25, -0.2) is 0 Å². The number of hydrogen-bond acceptors (Lipinski definition) is 2. The van der Waals surface area contributed by atoms with Crippen LogP contribution in [0.3, 0.4) is 0 Å². The maximum atomic E-state index is 6.21. The summed E-state index contributed by atoms with van der Waals surface area (Å²) in [7, 11) is 0. The number of rotatable bonds is 2. The van der Waals surface area contributed by atoms with Crippen molar-refractivity contribution in [1.29, 1.82) is 0 Å². The van der Waals surface area contributed by atoms with Crippen LogP contribution in [0.15, 0.2) is 60.7 Å². The molecule has 98 valence electrons. The predicted octanol–water partition coefficient (Wildman–Crippen LogP) is 3.71. The van der Waals surface area contributed by atoms with E-state index in [1.54, 1.807) is 0 Å². The smallest absolute Gasteiger partial charge is 0.223 e. The van der Waals surface area contributed by atoms with Gasteiger partial charge in [-0.1, -0.05) is 60.7 Å². The second-order valence-electron chi connectivity index (χ2n) is 4.99. The highest BCUT2D eigenvalue weighted by molar-refractivity contribution is 5.34. The lowest BCUT2D eigenvalue weighted by atomic mass is 9.97. The van der Waals surface area contributed by atoms with Crippen molar-refractivity contribution in [3.05, 3.63) is 71.8 Å². The first-order valence-electron chi connectivity index (χ1n) is 6.69. The molecule has 0 N–H and O–H groups in total. The van der Waals surface area contributed by atoms with Gasteiger partial charge in [0.05, 0.1) is 12.2 Å². The van der Waals surface area contributed by atoms with Gasteiger partial charge in [0.25, 0.3) is 0 Å². The molecule has 1 saturated heterocycles. The molecule has 0 bridgehead atoms. The van der Waals surface area contributed by atoms with Crippen LogP contribution in [0.4, 0.5) is 0 Å². The van der Waals surface area contributed by atoms with Crippen molar-refractivity contribution in [1.82, 2.24) is 0 Å². The van der Waals surface area contributed by atoms with Gasteiger partial charge in [-0.3, -0.25) is 0 Å². The van der Waals surface area contributed by atoms with E-state index in [2.05, 4.69) is 38.1 Å². The summed E-state index contributed by atoms with van der Waals surface area (Å²) >= 11 is 0. The minimum atomic E-state index is -0.776. The molecule has 0 unspecified atom stereocenters. The van der Waals surface area contributed by atoms with Crippen molar-refractivity contribution in [2.45, 2.75) is 31.8 Å². The van der Waals surface area contributed by atoms with E-state index in [0.29, 0.717) is 0 Å². The van der Waals surface area contributed by atoms with Crippen LogP contribution in [0.5, 0.6) is 0 Å². The Morgan fingerprint density at radius 3 is 1.42 bits per heavy atom. The third-order valence-corrected chi connectivity index (χ3v) is 3.67. The van der Waals surface area contributed by atoms with Crippen LogP contribution in [0.2, 0.25) is 0 Å². The van der Waals surface area contributed by atoms with Crippen LogP contribution in [0, 0.1) is 0 Å². The number of hydrogen-bond donors (Lipinski definition) is 0. The van der Waals surface area contributed by atoms with Crippen LogP contribution in [-0.2, 0) is 15.3 Å². The normalized spacial score (nSPS) is 25.4. The lowest BCUT2D eigenvalue weighted by Crippen LogP contribution is -2.29. The van der Waals surface area contributed by atoms with E-state index in [1.165, 1.54) is 0 Å². The van der Waals surface area contributed by atoms with Crippen molar-refractivity contribution in [2.75, 3.05) is 0 Å². The molecule has 3 rings (SSSR count). The Morgan fingerprint density at radius 2 is 1.05 bits per heavy atom. The summed E-state index contributed by atoms with van der Waals surface area (Å²) < 4.78 is 12.4. The lowest BCUT2D eigenvalue weighted by Gasteiger charge is -2.29. The van der Waals surface area contributed by atoms with Crippen molar-refractivity contribution in [3.8, 4) is 0 Å². The largest absolute Gasteiger partial charge is 0.336 e. The first-order valence-corrected chi connectivity index (χ1v) is 6.69. The van der Waals surface area contributed by atoms with Crippen LogP contribution >= 0.6 is 0 Å². The number of ether oxygens (including phenoxy) is 2. The molecule has 2 aromatic carbocycles.